The number of thiazole rings is 1. The van der Waals surface area contributed by atoms with E-state index in [0.29, 0.717) is 33.4 Å². The van der Waals surface area contributed by atoms with Crippen molar-refractivity contribution in [3.05, 3.63) is 93.9 Å². The van der Waals surface area contributed by atoms with Crippen molar-refractivity contribution in [2.75, 3.05) is 18.9 Å². The fraction of sp³-hybridized carbons (Fsp3) is 0.222. The molecule has 2 amide bonds. The molecule has 0 radical (unpaired) electrons. The first-order valence-electron chi connectivity index (χ1n) is 11.7. The maximum Gasteiger partial charge on any atom is 0.263 e. The number of benzene rings is 2. The summed E-state index contributed by atoms with van der Waals surface area (Å²) in [5.74, 6) is -0.395. The molecule has 36 heavy (non-hydrogen) atoms. The molecule has 2 N–H and O–H groups in total. The van der Waals surface area contributed by atoms with Crippen LogP contribution in [-0.2, 0) is 19.5 Å². The average molecular weight is 499 g/mol. The third kappa shape index (κ3) is 5.32. The molecule has 8 nitrogen and oxygen atoms in total. The van der Waals surface area contributed by atoms with Crippen molar-refractivity contribution < 1.29 is 9.59 Å². The predicted molar refractivity (Wildman–Crippen MR) is 140 cm³/mol. The number of nitrogens with zero attached hydrogens (tertiary/aromatic N) is 4. The SMILES string of the molecule is Cc1nc(-c2cnccn2)sc1C(=O)NCc1cccc(C(=O)Nc2ccc3c(c2)CN(C)CC3)c1. The Kier molecular flexibility index (Phi) is 6.84. The Labute approximate surface area is 213 Å². The second-order valence-corrected chi connectivity index (χ2v) is 9.83. The highest BCUT2D eigenvalue weighted by molar-refractivity contribution is 7.17. The molecule has 182 valence electrons. The minimum atomic E-state index is -0.214. The van der Waals surface area contributed by atoms with E-state index < -0.39 is 0 Å². The van der Waals surface area contributed by atoms with Gasteiger partial charge in [-0.25, -0.2) is 4.98 Å². The molecule has 1 aliphatic heterocycles. The number of anilines is 1. The second kappa shape index (κ2) is 10.3. The minimum Gasteiger partial charge on any atom is -0.347 e. The molecule has 2 aromatic heterocycles. The summed E-state index contributed by atoms with van der Waals surface area (Å²) in [6, 6.07) is 13.4. The van der Waals surface area contributed by atoms with Gasteiger partial charge in [-0.05, 0) is 61.3 Å². The first-order valence-corrected chi connectivity index (χ1v) is 12.5. The number of amides is 2. The lowest BCUT2D eigenvalue weighted by Gasteiger charge is -2.25. The molecule has 9 heteroatoms. The smallest absolute Gasteiger partial charge is 0.263 e. The van der Waals surface area contributed by atoms with Crippen LogP contribution in [0.4, 0.5) is 5.69 Å². The summed E-state index contributed by atoms with van der Waals surface area (Å²) in [7, 11) is 2.10. The highest BCUT2D eigenvalue weighted by atomic mass is 32.1. The standard InChI is InChI=1S/C27H26N6O2S/c1-17-24(36-27(31-17)23-15-28-9-10-29-23)26(35)30-14-18-4-3-5-20(12-18)25(34)32-22-7-6-19-8-11-33(2)16-21(19)13-22/h3-7,9-10,12-13,15H,8,11,14,16H2,1-2H3,(H,30,35)(H,32,34). The van der Waals surface area contributed by atoms with E-state index in [1.807, 2.05) is 18.2 Å². The van der Waals surface area contributed by atoms with Gasteiger partial charge in [-0.1, -0.05) is 18.2 Å². The average Bonchev–Trinajstić information content (AvgIpc) is 3.29. The lowest BCUT2D eigenvalue weighted by molar-refractivity contribution is 0.0953. The number of likely N-dealkylation sites (N-methyl/N-ethyl adjacent to an activating group) is 1. The zero-order chi connectivity index (χ0) is 25.1. The van der Waals surface area contributed by atoms with Crippen molar-refractivity contribution in [1.29, 1.82) is 0 Å². The van der Waals surface area contributed by atoms with Gasteiger partial charge in [0, 0.05) is 43.3 Å². The molecule has 0 saturated heterocycles. The molecular weight excluding hydrogens is 472 g/mol. The number of carbonyl (C=O) groups is 2. The van der Waals surface area contributed by atoms with Gasteiger partial charge in [0.2, 0.25) is 0 Å². The van der Waals surface area contributed by atoms with Crippen LogP contribution in [0.1, 0.15) is 42.4 Å². The van der Waals surface area contributed by atoms with Crippen molar-refractivity contribution in [1.82, 2.24) is 25.2 Å². The molecule has 0 bridgehead atoms. The van der Waals surface area contributed by atoms with Crippen LogP contribution in [0.5, 0.6) is 0 Å². The summed E-state index contributed by atoms with van der Waals surface area (Å²) >= 11 is 1.28. The van der Waals surface area contributed by atoms with Gasteiger partial charge in [-0.15, -0.1) is 11.3 Å². The Morgan fingerprint density at radius 1 is 1.08 bits per heavy atom. The molecule has 0 spiro atoms. The molecule has 5 rings (SSSR count). The van der Waals surface area contributed by atoms with Crippen molar-refractivity contribution in [3.8, 4) is 10.7 Å². The number of aromatic nitrogens is 3. The molecule has 0 atom stereocenters. The van der Waals surface area contributed by atoms with Gasteiger partial charge < -0.3 is 15.5 Å². The first kappa shape index (κ1) is 23.8. The zero-order valence-corrected chi connectivity index (χ0v) is 20.9. The highest BCUT2D eigenvalue weighted by Gasteiger charge is 2.18. The van der Waals surface area contributed by atoms with Crippen LogP contribution in [-0.4, -0.2) is 45.3 Å². The number of hydrogen-bond donors (Lipinski definition) is 2. The molecule has 4 aromatic rings. The maximum atomic E-state index is 12.9. The van der Waals surface area contributed by atoms with E-state index >= 15 is 0 Å². The third-order valence-electron chi connectivity index (χ3n) is 6.09. The van der Waals surface area contributed by atoms with Crippen LogP contribution >= 0.6 is 11.3 Å². The number of carbonyl (C=O) groups excluding carboxylic acids is 2. The Balaban J connectivity index is 1.23. The summed E-state index contributed by atoms with van der Waals surface area (Å²) in [5, 5.41) is 6.59. The topological polar surface area (TPSA) is 100 Å². The quantitative estimate of drug-likeness (QED) is 0.416. The van der Waals surface area contributed by atoms with E-state index in [1.165, 1.54) is 22.5 Å². The Morgan fingerprint density at radius 2 is 1.97 bits per heavy atom. The molecule has 0 unspecified atom stereocenters. The molecule has 1 aliphatic rings. The zero-order valence-electron chi connectivity index (χ0n) is 20.1. The Bertz CT molecular complexity index is 1420. The van der Waals surface area contributed by atoms with E-state index in [1.54, 1.807) is 37.6 Å². The van der Waals surface area contributed by atoms with Crippen LogP contribution in [0.2, 0.25) is 0 Å². The predicted octanol–water partition coefficient (Wildman–Crippen LogP) is 4.08. The van der Waals surface area contributed by atoms with Crippen LogP contribution in [0.15, 0.2) is 61.1 Å². The van der Waals surface area contributed by atoms with Crippen LogP contribution in [0.3, 0.4) is 0 Å². The van der Waals surface area contributed by atoms with E-state index in [0.717, 1.165) is 30.8 Å². The monoisotopic (exact) mass is 498 g/mol. The van der Waals surface area contributed by atoms with E-state index in [9.17, 15) is 9.59 Å². The molecule has 2 aromatic carbocycles. The molecular formula is C27H26N6O2S. The van der Waals surface area contributed by atoms with Gasteiger partial charge in [0.05, 0.1) is 11.9 Å². The highest BCUT2D eigenvalue weighted by Crippen LogP contribution is 2.26. The molecule has 0 fully saturated rings. The van der Waals surface area contributed by atoms with E-state index in [4.69, 9.17) is 0 Å². The summed E-state index contributed by atoms with van der Waals surface area (Å²) in [6.07, 6.45) is 5.84. The number of fused-ring (bicyclic) bond motifs is 1. The molecule has 0 aliphatic carbocycles. The number of aryl methyl sites for hydroxylation is 1. The van der Waals surface area contributed by atoms with Gasteiger partial charge >= 0.3 is 0 Å². The van der Waals surface area contributed by atoms with Gasteiger partial charge in [-0.2, -0.15) is 0 Å². The third-order valence-corrected chi connectivity index (χ3v) is 7.27. The van der Waals surface area contributed by atoms with E-state index in [2.05, 4.69) is 49.7 Å². The van der Waals surface area contributed by atoms with Crippen molar-refractivity contribution in [2.45, 2.75) is 26.4 Å². The van der Waals surface area contributed by atoms with Crippen molar-refractivity contribution in [2.24, 2.45) is 0 Å². The lowest BCUT2D eigenvalue weighted by atomic mass is 9.99. The van der Waals surface area contributed by atoms with Gasteiger partial charge in [0.15, 0.2) is 0 Å². The first-order chi connectivity index (χ1) is 17.5. The molecule has 3 heterocycles. The number of hydrogen-bond acceptors (Lipinski definition) is 7. The summed E-state index contributed by atoms with van der Waals surface area (Å²) in [4.78, 5) is 41.3. The second-order valence-electron chi connectivity index (χ2n) is 8.83. The van der Waals surface area contributed by atoms with Crippen molar-refractivity contribution >= 4 is 28.8 Å². The fourth-order valence-corrected chi connectivity index (χ4v) is 5.13. The van der Waals surface area contributed by atoms with Gasteiger partial charge in [0.25, 0.3) is 11.8 Å². The van der Waals surface area contributed by atoms with Crippen LogP contribution in [0, 0.1) is 6.92 Å². The largest absolute Gasteiger partial charge is 0.347 e. The number of nitrogens with one attached hydrogen (secondary N) is 2. The summed E-state index contributed by atoms with van der Waals surface area (Å²) < 4.78 is 0. The minimum absolute atomic E-state index is 0.181. The van der Waals surface area contributed by atoms with Crippen LogP contribution in [0.25, 0.3) is 10.7 Å². The number of rotatable bonds is 6. The van der Waals surface area contributed by atoms with Crippen molar-refractivity contribution in [3.63, 3.8) is 0 Å². The summed E-state index contributed by atoms with van der Waals surface area (Å²) in [6.45, 7) is 4.03. The van der Waals surface area contributed by atoms with E-state index in [-0.39, 0.29) is 11.8 Å². The van der Waals surface area contributed by atoms with Gasteiger partial charge in [-0.3, -0.25) is 19.6 Å². The fourth-order valence-electron chi connectivity index (χ4n) is 4.19. The summed E-state index contributed by atoms with van der Waals surface area (Å²) in [5.41, 5.74) is 6.02. The van der Waals surface area contributed by atoms with Crippen LogP contribution < -0.4 is 10.6 Å². The Hall–Kier alpha value is -3.95. The Morgan fingerprint density at radius 3 is 2.81 bits per heavy atom. The molecule has 0 saturated carbocycles. The maximum absolute atomic E-state index is 12.9. The lowest BCUT2D eigenvalue weighted by Crippen LogP contribution is -2.26. The van der Waals surface area contributed by atoms with Gasteiger partial charge in [0.1, 0.15) is 15.6 Å². The normalized spacial score (nSPS) is 13.2.